The highest BCUT2D eigenvalue weighted by molar-refractivity contribution is 6.30. The van der Waals surface area contributed by atoms with Gasteiger partial charge in [0.1, 0.15) is 0 Å². The van der Waals surface area contributed by atoms with Crippen molar-refractivity contribution < 1.29 is 27.1 Å². The van der Waals surface area contributed by atoms with Gasteiger partial charge in [0.2, 0.25) is 0 Å². The van der Waals surface area contributed by atoms with Crippen LogP contribution in [0.1, 0.15) is 6.92 Å². The van der Waals surface area contributed by atoms with Crippen LogP contribution >= 0.6 is 11.6 Å². The van der Waals surface area contributed by atoms with Gasteiger partial charge in [0.25, 0.3) is 5.91 Å². The van der Waals surface area contributed by atoms with Gasteiger partial charge in [-0.25, -0.2) is 0 Å². The molecule has 0 aliphatic carbocycles. The number of carbonyl (C=O) groups is 1. The lowest BCUT2D eigenvalue weighted by atomic mass is 10.2. The van der Waals surface area contributed by atoms with Crippen molar-refractivity contribution in [1.82, 2.24) is 0 Å². The Morgan fingerprint density at radius 1 is 1.37 bits per heavy atom. The van der Waals surface area contributed by atoms with Gasteiger partial charge in [0.15, 0.2) is 0 Å². The highest BCUT2D eigenvalue weighted by Gasteiger charge is 2.63. The summed E-state index contributed by atoms with van der Waals surface area (Å²) in [5, 5.41) is 1.96. The van der Waals surface area contributed by atoms with Gasteiger partial charge < -0.3 is 10.1 Å². The summed E-state index contributed by atoms with van der Waals surface area (Å²) in [6.45, 7) is 0.533. The third-order valence-corrected chi connectivity index (χ3v) is 2.32. The Kier molecular flexibility index (Phi) is 4.75. The van der Waals surface area contributed by atoms with Gasteiger partial charge in [0, 0.05) is 17.3 Å². The topological polar surface area (TPSA) is 38.3 Å². The maximum atomic E-state index is 13.7. The Balaban J connectivity index is 2.96. The molecule has 1 aromatic rings. The Labute approximate surface area is 111 Å². The summed E-state index contributed by atoms with van der Waals surface area (Å²) in [4.78, 5) is 11.4. The van der Waals surface area contributed by atoms with E-state index in [1.807, 2.05) is 0 Å². The Morgan fingerprint density at radius 2 is 2.00 bits per heavy atom. The zero-order valence-corrected chi connectivity index (χ0v) is 10.5. The lowest BCUT2D eigenvalue weighted by Crippen LogP contribution is -2.53. The quantitative estimate of drug-likeness (QED) is 0.864. The first-order chi connectivity index (χ1) is 8.70. The average molecular weight is 300 g/mol. The number of halogens is 5. The summed E-state index contributed by atoms with van der Waals surface area (Å²) in [7, 11) is 0. The molecular formula is C11H10ClF4NO2. The molecule has 0 unspecified atom stereocenters. The minimum atomic E-state index is -5.48. The molecule has 0 fully saturated rings. The molecule has 19 heavy (non-hydrogen) atoms. The van der Waals surface area contributed by atoms with Crippen molar-refractivity contribution in [2.75, 3.05) is 11.9 Å². The number of nitrogens with one attached hydrogen (secondary N) is 1. The van der Waals surface area contributed by atoms with Gasteiger partial charge in [-0.2, -0.15) is 17.6 Å². The lowest BCUT2D eigenvalue weighted by molar-refractivity contribution is -0.311. The van der Waals surface area contributed by atoms with Crippen molar-refractivity contribution in [2.24, 2.45) is 0 Å². The maximum absolute atomic E-state index is 13.7. The second-order valence-electron chi connectivity index (χ2n) is 3.49. The van der Waals surface area contributed by atoms with Gasteiger partial charge in [-0.15, -0.1) is 0 Å². The van der Waals surface area contributed by atoms with E-state index in [9.17, 15) is 22.4 Å². The number of hydrogen-bond acceptors (Lipinski definition) is 2. The van der Waals surface area contributed by atoms with Crippen LogP contribution in [0.15, 0.2) is 24.3 Å². The molecule has 1 N–H and O–H groups in total. The molecule has 106 valence electrons. The Morgan fingerprint density at radius 3 is 2.47 bits per heavy atom. The second kappa shape index (κ2) is 5.75. The minimum absolute atomic E-state index is 0.0662. The van der Waals surface area contributed by atoms with Crippen molar-refractivity contribution in [3.63, 3.8) is 0 Å². The number of benzene rings is 1. The maximum Gasteiger partial charge on any atom is 0.458 e. The summed E-state index contributed by atoms with van der Waals surface area (Å²) in [6.07, 6.45) is -5.48. The van der Waals surface area contributed by atoms with Crippen LogP contribution in [-0.4, -0.2) is 24.5 Å². The third kappa shape index (κ3) is 3.57. The molecule has 1 atom stereocenters. The van der Waals surface area contributed by atoms with Crippen LogP contribution < -0.4 is 5.32 Å². The first-order valence-electron chi connectivity index (χ1n) is 5.17. The standard InChI is InChI=1S/C11H10ClF4NO2/c1-2-19-10(13,11(14,15)16)9(18)17-8-5-3-4-7(12)6-8/h3-6H,2H2,1H3,(H,17,18)/t10-/m1/s1. The molecule has 1 amide bonds. The fourth-order valence-electron chi connectivity index (χ4n) is 1.25. The van der Waals surface area contributed by atoms with E-state index < -0.39 is 24.5 Å². The van der Waals surface area contributed by atoms with Gasteiger partial charge in [-0.05, 0) is 25.1 Å². The summed E-state index contributed by atoms with van der Waals surface area (Å²) < 4.78 is 55.2. The van der Waals surface area contributed by atoms with E-state index >= 15 is 0 Å². The smallest absolute Gasteiger partial charge is 0.332 e. The van der Waals surface area contributed by atoms with Crippen molar-refractivity contribution in [3.05, 3.63) is 29.3 Å². The van der Waals surface area contributed by atoms with Gasteiger partial charge in [0.05, 0.1) is 0 Å². The number of anilines is 1. The highest BCUT2D eigenvalue weighted by Crippen LogP contribution is 2.36. The monoisotopic (exact) mass is 299 g/mol. The van der Waals surface area contributed by atoms with Crippen molar-refractivity contribution in [3.8, 4) is 0 Å². The number of hydrogen-bond donors (Lipinski definition) is 1. The van der Waals surface area contributed by atoms with Crippen LogP contribution in [0.4, 0.5) is 23.2 Å². The van der Waals surface area contributed by atoms with Gasteiger partial charge in [-0.1, -0.05) is 17.7 Å². The zero-order chi connectivity index (χ0) is 14.7. The van der Waals surface area contributed by atoms with Crippen LogP contribution in [0, 0.1) is 0 Å². The van der Waals surface area contributed by atoms with E-state index in [4.69, 9.17) is 11.6 Å². The molecule has 0 radical (unpaired) electrons. The molecule has 1 rings (SSSR count). The molecular weight excluding hydrogens is 290 g/mol. The molecule has 0 saturated carbocycles. The SMILES string of the molecule is CCO[C@](F)(C(=O)Nc1cccc(Cl)c1)C(F)(F)F. The van der Waals surface area contributed by atoms with E-state index in [-0.39, 0.29) is 10.7 Å². The first-order valence-corrected chi connectivity index (χ1v) is 5.55. The number of carbonyl (C=O) groups excluding carboxylic acids is 1. The average Bonchev–Trinajstić information content (AvgIpc) is 2.27. The molecule has 0 heterocycles. The van der Waals surface area contributed by atoms with Crippen LogP contribution in [0.2, 0.25) is 5.02 Å². The van der Waals surface area contributed by atoms with Crippen molar-refractivity contribution in [1.29, 1.82) is 0 Å². The second-order valence-corrected chi connectivity index (χ2v) is 3.93. The largest absolute Gasteiger partial charge is 0.458 e. The molecule has 3 nitrogen and oxygen atoms in total. The van der Waals surface area contributed by atoms with Crippen LogP contribution in [0.3, 0.4) is 0 Å². The normalized spacial score (nSPS) is 14.8. The number of amides is 1. The van der Waals surface area contributed by atoms with E-state index in [1.54, 1.807) is 5.32 Å². The zero-order valence-electron chi connectivity index (χ0n) is 9.72. The molecule has 0 aliphatic heterocycles. The summed E-state index contributed by atoms with van der Waals surface area (Å²) in [5.74, 6) is -6.35. The number of alkyl halides is 4. The van der Waals surface area contributed by atoms with Crippen LogP contribution in [-0.2, 0) is 9.53 Å². The van der Waals surface area contributed by atoms with E-state index in [2.05, 4.69) is 4.74 Å². The van der Waals surface area contributed by atoms with Crippen molar-refractivity contribution in [2.45, 2.75) is 19.0 Å². The number of rotatable bonds is 4. The first kappa shape index (κ1) is 15.7. The fraction of sp³-hybridized carbons (Fsp3) is 0.364. The lowest BCUT2D eigenvalue weighted by Gasteiger charge is -2.26. The Bertz CT molecular complexity index is 466. The minimum Gasteiger partial charge on any atom is -0.332 e. The van der Waals surface area contributed by atoms with E-state index in [1.165, 1.54) is 24.3 Å². The number of ether oxygens (including phenoxy) is 1. The molecule has 0 aliphatic rings. The summed E-state index contributed by atoms with van der Waals surface area (Å²) in [6, 6.07) is 5.30. The van der Waals surface area contributed by atoms with E-state index in [0.717, 1.165) is 6.92 Å². The third-order valence-electron chi connectivity index (χ3n) is 2.08. The van der Waals surface area contributed by atoms with Crippen molar-refractivity contribution >= 4 is 23.2 Å². The molecule has 1 aromatic carbocycles. The molecule has 0 bridgehead atoms. The molecule has 0 saturated heterocycles. The van der Waals surface area contributed by atoms with Crippen LogP contribution in [0.5, 0.6) is 0 Å². The molecule has 0 spiro atoms. The molecule has 0 aromatic heterocycles. The molecule has 8 heteroatoms. The van der Waals surface area contributed by atoms with Gasteiger partial charge >= 0.3 is 12.0 Å². The fourth-order valence-corrected chi connectivity index (χ4v) is 1.44. The van der Waals surface area contributed by atoms with E-state index in [0.29, 0.717) is 0 Å². The highest BCUT2D eigenvalue weighted by atomic mass is 35.5. The summed E-state index contributed by atoms with van der Waals surface area (Å²) in [5.41, 5.74) is -0.0662. The summed E-state index contributed by atoms with van der Waals surface area (Å²) >= 11 is 5.60. The predicted octanol–water partition coefficient (Wildman–Crippen LogP) is 3.54. The predicted molar refractivity (Wildman–Crippen MR) is 61.6 cm³/mol. The van der Waals surface area contributed by atoms with Crippen LogP contribution in [0.25, 0.3) is 0 Å². The Hall–Kier alpha value is -1.34. The van der Waals surface area contributed by atoms with Gasteiger partial charge in [-0.3, -0.25) is 4.79 Å².